The summed E-state index contributed by atoms with van der Waals surface area (Å²) < 4.78 is 0. The molecule has 98 valence electrons. The average Bonchev–Trinajstić information content (AvgIpc) is 3.08. The van der Waals surface area contributed by atoms with Crippen molar-refractivity contribution in [2.45, 2.75) is 32.7 Å². The number of nitrogens with zero attached hydrogens (tertiary/aromatic N) is 1. The van der Waals surface area contributed by atoms with E-state index in [0.717, 1.165) is 11.3 Å². The number of carbonyl (C=O) groups is 1. The summed E-state index contributed by atoms with van der Waals surface area (Å²) in [6.45, 7) is 4.52. The lowest BCUT2D eigenvalue weighted by Gasteiger charge is -2.22. The van der Waals surface area contributed by atoms with Crippen LogP contribution in [0.25, 0.3) is 0 Å². The summed E-state index contributed by atoms with van der Waals surface area (Å²) >= 11 is 0. The van der Waals surface area contributed by atoms with Crippen molar-refractivity contribution in [3.05, 3.63) is 29.8 Å². The Morgan fingerprint density at radius 3 is 2.61 bits per heavy atom. The van der Waals surface area contributed by atoms with E-state index in [1.165, 1.54) is 12.8 Å². The maximum Gasteiger partial charge on any atom is 0.253 e. The number of anilines is 1. The Labute approximate surface area is 109 Å². The molecule has 0 saturated heterocycles. The number of rotatable bonds is 4. The lowest BCUT2D eigenvalue weighted by atomic mass is 10.0. The van der Waals surface area contributed by atoms with Crippen molar-refractivity contribution in [2.24, 2.45) is 5.41 Å². The molecule has 0 aromatic heterocycles. The van der Waals surface area contributed by atoms with E-state index in [1.807, 2.05) is 24.3 Å². The zero-order valence-electron chi connectivity index (χ0n) is 11.7. The van der Waals surface area contributed by atoms with Gasteiger partial charge in [0, 0.05) is 31.4 Å². The van der Waals surface area contributed by atoms with Gasteiger partial charge in [-0.1, -0.05) is 13.0 Å². The molecule has 3 heteroatoms. The van der Waals surface area contributed by atoms with Gasteiger partial charge < -0.3 is 10.2 Å². The molecule has 1 fully saturated rings. The van der Waals surface area contributed by atoms with E-state index in [9.17, 15) is 4.79 Å². The van der Waals surface area contributed by atoms with Crippen molar-refractivity contribution in [1.29, 1.82) is 0 Å². The fourth-order valence-electron chi connectivity index (χ4n) is 2.05. The van der Waals surface area contributed by atoms with Crippen LogP contribution in [0, 0.1) is 5.41 Å². The maximum atomic E-state index is 11.9. The van der Waals surface area contributed by atoms with Gasteiger partial charge in [-0.3, -0.25) is 4.79 Å². The van der Waals surface area contributed by atoms with Gasteiger partial charge >= 0.3 is 0 Å². The Balaban J connectivity index is 2.10. The van der Waals surface area contributed by atoms with E-state index in [4.69, 9.17) is 0 Å². The van der Waals surface area contributed by atoms with E-state index >= 15 is 0 Å². The normalized spacial score (nSPS) is 18.0. The average molecular weight is 246 g/mol. The molecule has 1 amide bonds. The highest BCUT2D eigenvalue weighted by atomic mass is 16.2. The molecule has 1 aliphatic carbocycles. The first kappa shape index (κ1) is 12.9. The molecule has 0 aliphatic heterocycles. The third-order valence-corrected chi connectivity index (χ3v) is 3.98. The number of hydrogen-bond donors (Lipinski definition) is 1. The SMILES string of the molecule is CC(Nc1cccc(C(=O)N(C)C)c1)C1(C)CC1. The Kier molecular flexibility index (Phi) is 3.33. The third kappa shape index (κ3) is 2.66. The number of nitrogens with one attached hydrogen (secondary N) is 1. The summed E-state index contributed by atoms with van der Waals surface area (Å²) in [4.78, 5) is 13.5. The highest BCUT2D eigenvalue weighted by Crippen LogP contribution is 2.48. The Bertz CT molecular complexity index is 450. The minimum absolute atomic E-state index is 0.0453. The van der Waals surface area contributed by atoms with Crippen LogP contribution in [0.1, 0.15) is 37.0 Å². The second-order valence-corrected chi connectivity index (χ2v) is 5.80. The minimum atomic E-state index is 0.0453. The van der Waals surface area contributed by atoms with Crippen molar-refractivity contribution in [2.75, 3.05) is 19.4 Å². The first-order valence-corrected chi connectivity index (χ1v) is 6.51. The molecule has 0 radical (unpaired) electrons. The minimum Gasteiger partial charge on any atom is -0.382 e. The maximum absolute atomic E-state index is 11.9. The van der Waals surface area contributed by atoms with E-state index in [-0.39, 0.29) is 5.91 Å². The molecule has 1 aromatic carbocycles. The van der Waals surface area contributed by atoms with Gasteiger partial charge in [0.15, 0.2) is 0 Å². The second-order valence-electron chi connectivity index (χ2n) is 5.80. The number of amides is 1. The van der Waals surface area contributed by atoms with E-state index in [0.29, 0.717) is 11.5 Å². The van der Waals surface area contributed by atoms with E-state index < -0.39 is 0 Å². The fraction of sp³-hybridized carbons (Fsp3) is 0.533. The van der Waals surface area contributed by atoms with Gasteiger partial charge in [-0.15, -0.1) is 0 Å². The summed E-state index contributed by atoms with van der Waals surface area (Å²) in [5.74, 6) is 0.0453. The molecule has 1 aromatic rings. The molecule has 0 heterocycles. The third-order valence-electron chi connectivity index (χ3n) is 3.98. The largest absolute Gasteiger partial charge is 0.382 e. The number of carbonyl (C=O) groups excluding carboxylic acids is 1. The highest BCUT2D eigenvalue weighted by Gasteiger charge is 2.42. The molecule has 0 spiro atoms. The zero-order valence-corrected chi connectivity index (χ0v) is 11.7. The first-order chi connectivity index (χ1) is 8.42. The lowest BCUT2D eigenvalue weighted by molar-refractivity contribution is 0.0827. The van der Waals surface area contributed by atoms with Crippen molar-refractivity contribution in [3.63, 3.8) is 0 Å². The Hall–Kier alpha value is -1.51. The van der Waals surface area contributed by atoms with Crippen LogP contribution in [-0.2, 0) is 0 Å². The van der Waals surface area contributed by atoms with E-state index in [1.54, 1.807) is 19.0 Å². The van der Waals surface area contributed by atoms with Crippen molar-refractivity contribution < 1.29 is 4.79 Å². The fourth-order valence-corrected chi connectivity index (χ4v) is 2.05. The van der Waals surface area contributed by atoms with Crippen LogP contribution in [0.4, 0.5) is 5.69 Å². The van der Waals surface area contributed by atoms with Crippen LogP contribution >= 0.6 is 0 Å². The van der Waals surface area contributed by atoms with Crippen LogP contribution in [0.5, 0.6) is 0 Å². The summed E-state index contributed by atoms with van der Waals surface area (Å²) in [5, 5.41) is 3.51. The summed E-state index contributed by atoms with van der Waals surface area (Å²) in [5.41, 5.74) is 2.20. The molecule has 3 nitrogen and oxygen atoms in total. The topological polar surface area (TPSA) is 32.3 Å². The van der Waals surface area contributed by atoms with E-state index in [2.05, 4.69) is 19.2 Å². The molecule has 1 N–H and O–H groups in total. The van der Waals surface area contributed by atoms with Crippen LogP contribution in [0.15, 0.2) is 24.3 Å². The van der Waals surface area contributed by atoms with Gasteiger partial charge in [0.25, 0.3) is 5.91 Å². The number of hydrogen-bond acceptors (Lipinski definition) is 2. The first-order valence-electron chi connectivity index (χ1n) is 6.51. The Morgan fingerprint density at radius 2 is 2.06 bits per heavy atom. The summed E-state index contributed by atoms with van der Waals surface area (Å²) in [6.07, 6.45) is 2.58. The molecule has 0 bridgehead atoms. The molecule has 1 unspecified atom stereocenters. The van der Waals surface area contributed by atoms with Crippen LogP contribution < -0.4 is 5.32 Å². The monoisotopic (exact) mass is 246 g/mol. The highest BCUT2D eigenvalue weighted by molar-refractivity contribution is 5.94. The van der Waals surface area contributed by atoms with Gasteiger partial charge in [-0.25, -0.2) is 0 Å². The van der Waals surface area contributed by atoms with Gasteiger partial charge in [0.2, 0.25) is 0 Å². The quantitative estimate of drug-likeness (QED) is 0.885. The van der Waals surface area contributed by atoms with Crippen LogP contribution in [0.3, 0.4) is 0 Å². The molecular weight excluding hydrogens is 224 g/mol. The molecular formula is C15H22N2O. The number of benzene rings is 1. The van der Waals surface area contributed by atoms with Crippen LogP contribution in [0.2, 0.25) is 0 Å². The molecule has 1 atom stereocenters. The lowest BCUT2D eigenvalue weighted by Crippen LogP contribution is -2.25. The zero-order chi connectivity index (χ0) is 13.3. The standard InChI is InChI=1S/C15H22N2O/c1-11(15(2)8-9-15)16-13-7-5-6-12(10-13)14(18)17(3)4/h5-7,10-11,16H,8-9H2,1-4H3. The van der Waals surface area contributed by atoms with Gasteiger partial charge in [-0.2, -0.15) is 0 Å². The molecule has 1 saturated carbocycles. The van der Waals surface area contributed by atoms with Gasteiger partial charge in [0.1, 0.15) is 0 Å². The van der Waals surface area contributed by atoms with Gasteiger partial charge in [0.05, 0.1) is 0 Å². The van der Waals surface area contributed by atoms with Crippen molar-refractivity contribution >= 4 is 11.6 Å². The predicted molar refractivity (Wildman–Crippen MR) is 74.9 cm³/mol. The molecule has 2 rings (SSSR count). The molecule has 18 heavy (non-hydrogen) atoms. The Morgan fingerprint density at radius 1 is 1.39 bits per heavy atom. The molecule has 1 aliphatic rings. The predicted octanol–water partition coefficient (Wildman–Crippen LogP) is 2.99. The van der Waals surface area contributed by atoms with Gasteiger partial charge in [-0.05, 0) is 43.4 Å². The summed E-state index contributed by atoms with van der Waals surface area (Å²) in [7, 11) is 3.55. The van der Waals surface area contributed by atoms with Crippen molar-refractivity contribution in [1.82, 2.24) is 4.90 Å². The van der Waals surface area contributed by atoms with Crippen LogP contribution in [-0.4, -0.2) is 30.9 Å². The van der Waals surface area contributed by atoms with Crippen molar-refractivity contribution in [3.8, 4) is 0 Å². The summed E-state index contributed by atoms with van der Waals surface area (Å²) in [6, 6.07) is 8.19. The second kappa shape index (κ2) is 4.63. The smallest absolute Gasteiger partial charge is 0.253 e.